The first kappa shape index (κ1) is 20.7. The first-order valence-corrected chi connectivity index (χ1v) is 9.82. The number of rotatable bonds is 8. The summed E-state index contributed by atoms with van der Waals surface area (Å²) in [4.78, 5) is 15.5. The van der Waals surface area contributed by atoms with Gasteiger partial charge in [-0.25, -0.2) is 0 Å². The average molecular weight is 364 g/mol. The number of likely N-dealkylation sites (tertiary alicyclic amines) is 1. The third-order valence-corrected chi connectivity index (χ3v) is 5.23. The highest BCUT2D eigenvalue weighted by molar-refractivity contribution is 5.78. The number of quaternary nitrogens is 2. The third kappa shape index (κ3) is 6.61. The van der Waals surface area contributed by atoms with Crippen LogP contribution in [-0.4, -0.2) is 53.3 Å². The Kier molecular flexibility index (Phi) is 7.47. The van der Waals surface area contributed by atoms with Crippen molar-refractivity contribution in [1.29, 1.82) is 0 Å². The molecule has 2 rings (SSSR count). The van der Waals surface area contributed by atoms with Crippen LogP contribution in [0.2, 0.25) is 0 Å². The zero-order valence-electron chi connectivity index (χ0n) is 17.2. The van der Waals surface area contributed by atoms with Crippen molar-refractivity contribution in [3.63, 3.8) is 0 Å². The summed E-state index contributed by atoms with van der Waals surface area (Å²) in [6.45, 7) is 9.37. The van der Waals surface area contributed by atoms with E-state index >= 15 is 0 Å². The van der Waals surface area contributed by atoms with E-state index < -0.39 is 0 Å². The van der Waals surface area contributed by atoms with Crippen molar-refractivity contribution in [1.82, 2.24) is 5.32 Å². The lowest BCUT2D eigenvalue weighted by Crippen LogP contribution is -3.11. The van der Waals surface area contributed by atoms with Crippen molar-refractivity contribution in [3.05, 3.63) is 29.8 Å². The van der Waals surface area contributed by atoms with Gasteiger partial charge < -0.3 is 19.9 Å². The Hall–Kier alpha value is -1.59. The van der Waals surface area contributed by atoms with Crippen LogP contribution in [0, 0.1) is 11.3 Å². The molecule has 0 spiro atoms. The lowest BCUT2D eigenvalue weighted by molar-refractivity contribution is -0.919. The maximum absolute atomic E-state index is 12.5. The van der Waals surface area contributed by atoms with Crippen molar-refractivity contribution in [3.8, 4) is 5.75 Å². The first-order valence-electron chi connectivity index (χ1n) is 9.82. The number of nitrogens with one attached hydrogen (secondary N) is 3. The number of carbonyl (C=O) groups excluding carboxylic acids is 1. The van der Waals surface area contributed by atoms with Crippen molar-refractivity contribution in [2.24, 2.45) is 11.3 Å². The predicted molar refractivity (Wildman–Crippen MR) is 105 cm³/mol. The van der Waals surface area contributed by atoms with Gasteiger partial charge >= 0.3 is 0 Å². The van der Waals surface area contributed by atoms with E-state index in [2.05, 4.69) is 45.4 Å². The Morgan fingerprint density at radius 3 is 2.62 bits per heavy atom. The topological polar surface area (TPSA) is 47.2 Å². The molecule has 0 saturated carbocycles. The normalized spacial score (nSPS) is 20.8. The Balaban J connectivity index is 1.76. The second-order valence-electron chi connectivity index (χ2n) is 8.82. The number of benzene rings is 1. The molecule has 3 N–H and O–H groups in total. The maximum Gasteiger partial charge on any atom is 0.223 e. The van der Waals surface area contributed by atoms with Crippen LogP contribution >= 0.6 is 0 Å². The molecule has 1 heterocycles. The van der Waals surface area contributed by atoms with Crippen LogP contribution in [0.15, 0.2) is 24.3 Å². The molecule has 0 aromatic heterocycles. The second kappa shape index (κ2) is 9.38. The van der Waals surface area contributed by atoms with Gasteiger partial charge in [-0.15, -0.1) is 0 Å². The maximum atomic E-state index is 12.5. The van der Waals surface area contributed by atoms with Gasteiger partial charge in [0.25, 0.3) is 0 Å². The quantitative estimate of drug-likeness (QED) is 0.598. The number of piperidine rings is 1. The summed E-state index contributed by atoms with van der Waals surface area (Å²) in [5.41, 5.74) is 1.43. The van der Waals surface area contributed by atoms with Gasteiger partial charge in [-0.3, -0.25) is 4.79 Å². The van der Waals surface area contributed by atoms with E-state index in [0.29, 0.717) is 0 Å². The molecule has 1 fully saturated rings. The van der Waals surface area contributed by atoms with Gasteiger partial charge in [0, 0.05) is 36.3 Å². The van der Waals surface area contributed by atoms with Gasteiger partial charge in [0.15, 0.2) is 0 Å². The van der Waals surface area contributed by atoms with Crippen LogP contribution in [0.25, 0.3) is 0 Å². The molecule has 1 aromatic rings. The molecular formula is C21H37N3O2+2. The Morgan fingerprint density at radius 1 is 1.31 bits per heavy atom. The Bertz CT molecular complexity index is 578. The van der Waals surface area contributed by atoms with Gasteiger partial charge in [-0.1, -0.05) is 26.0 Å². The smallest absolute Gasteiger partial charge is 0.223 e. The molecule has 1 aliphatic rings. The van der Waals surface area contributed by atoms with Gasteiger partial charge in [0.1, 0.15) is 12.3 Å². The molecule has 146 valence electrons. The van der Waals surface area contributed by atoms with Gasteiger partial charge in [-0.2, -0.15) is 0 Å². The minimum atomic E-state index is 0.132. The zero-order chi connectivity index (χ0) is 19.2. The predicted octanol–water partition coefficient (Wildman–Crippen LogP) is -0.223. The van der Waals surface area contributed by atoms with E-state index in [4.69, 9.17) is 4.74 Å². The second-order valence-corrected chi connectivity index (χ2v) is 8.82. The average Bonchev–Trinajstić information content (AvgIpc) is 2.59. The summed E-state index contributed by atoms with van der Waals surface area (Å²) < 4.78 is 5.31. The fourth-order valence-corrected chi connectivity index (χ4v) is 4.03. The third-order valence-electron chi connectivity index (χ3n) is 5.23. The van der Waals surface area contributed by atoms with Crippen LogP contribution in [0.4, 0.5) is 0 Å². The molecule has 0 aliphatic carbocycles. The summed E-state index contributed by atoms with van der Waals surface area (Å²) in [6, 6.07) is 8.30. The zero-order valence-corrected chi connectivity index (χ0v) is 17.2. The fraction of sp³-hybridized carbons (Fsp3) is 0.667. The molecule has 1 saturated heterocycles. The molecule has 26 heavy (non-hydrogen) atoms. The SMILES string of the molecule is COc1cccc(C[NH+]2CCC(C(=O)NCC(C)(C)C[NH+](C)C)CC2)c1. The molecule has 0 unspecified atom stereocenters. The molecule has 0 atom stereocenters. The van der Waals surface area contributed by atoms with Crippen LogP contribution < -0.4 is 19.9 Å². The van der Waals surface area contributed by atoms with E-state index in [9.17, 15) is 4.79 Å². The highest BCUT2D eigenvalue weighted by Crippen LogP contribution is 2.15. The van der Waals surface area contributed by atoms with Crippen LogP contribution in [-0.2, 0) is 11.3 Å². The number of ether oxygens (including phenoxy) is 1. The number of methoxy groups -OCH3 is 1. The number of hydrogen-bond donors (Lipinski definition) is 3. The molecule has 1 aliphatic heterocycles. The molecule has 0 bridgehead atoms. The molecule has 5 heteroatoms. The van der Waals surface area contributed by atoms with Crippen molar-refractivity contribution in [2.45, 2.75) is 33.2 Å². The van der Waals surface area contributed by atoms with Crippen molar-refractivity contribution >= 4 is 5.91 Å². The fourth-order valence-electron chi connectivity index (χ4n) is 4.03. The first-order chi connectivity index (χ1) is 12.3. The summed E-state index contributed by atoms with van der Waals surface area (Å²) in [6.07, 6.45) is 1.95. The standard InChI is InChI=1S/C21H35N3O2/c1-21(2,16-23(3)4)15-22-20(25)18-9-11-24(12-10-18)14-17-7-6-8-19(13-17)26-5/h6-8,13,18H,9-12,14-16H2,1-5H3,(H,22,25)/p+2. The van der Waals surface area contributed by atoms with E-state index in [0.717, 1.165) is 51.3 Å². The van der Waals surface area contributed by atoms with Crippen LogP contribution in [0.1, 0.15) is 32.3 Å². The van der Waals surface area contributed by atoms with Gasteiger partial charge in [0.05, 0.1) is 40.8 Å². The van der Waals surface area contributed by atoms with E-state index in [-0.39, 0.29) is 17.2 Å². The Labute approximate surface area is 158 Å². The molecule has 1 amide bonds. The van der Waals surface area contributed by atoms with E-state index in [1.165, 1.54) is 10.5 Å². The molecule has 0 radical (unpaired) electrons. The van der Waals surface area contributed by atoms with Crippen molar-refractivity contribution < 1.29 is 19.3 Å². The summed E-state index contributed by atoms with van der Waals surface area (Å²) in [7, 11) is 6.02. The largest absolute Gasteiger partial charge is 0.497 e. The highest BCUT2D eigenvalue weighted by Gasteiger charge is 2.29. The highest BCUT2D eigenvalue weighted by atomic mass is 16.5. The number of amides is 1. The lowest BCUT2D eigenvalue weighted by Gasteiger charge is -2.30. The summed E-state index contributed by atoms with van der Waals surface area (Å²) in [5.74, 6) is 1.33. The summed E-state index contributed by atoms with van der Waals surface area (Å²) >= 11 is 0. The molecule has 5 nitrogen and oxygen atoms in total. The van der Waals surface area contributed by atoms with E-state index in [1.807, 2.05) is 12.1 Å². The molecular weight excluding hydrogens is 326 g/mol. The lowest BCUT2D eigenvalue weighted by atomic mass is 9.91. The van der Waals surface area contributed by atoms with Gasteiger partial charge in [-0.05, 0) is 12.1 Å². The number of carbonyl (C=O) groups is 1. The monoisotopic (exact) mass is 363 g/mol. The van der Waals surface area contributed by atoms with Crippen LogP contribution in [0.5, 0.6) is 5.75 Å². The van der Waals surface area contributed by atoms with Crippen LogP contribution in [0.3, 0.4) is 0 Å². The minimum absolute atomic E-state index is 0.132. The van der Waals surface area contributed by atoms with E-state index in [1.54, 1.807) is 12.0 Å². The minimum Gasteiger partial charge on any atom is -0.497 e. The van der Waals surface area contributed by atoms with Crippen molar-refractivity contribution in [2.75, 3.05) is 47.4 Å². The number of hydrogen-bond acceptors (Lipinski definition) is 2. The summed E-state index contributed by atoms with van der Waals surface area (Å²) in [5, 5.41) is 3.20. The molecule has 1 aromatic carbocycles. The Morgan fingerprint density at radius 2 is 2.00 bits per heavy atom. The van der Waals surface area contributed by atoms with Gasteiger partial charge in [0.2, 0.25) is 5.91 Å².